The molecule has 0 N–H and O–H groups in total. The van der Waals surface area contributed by atoms with Crippen molar-refractivity contribution in [3.63, 3.8) is 0 Å². The number of aliphatic imine (C=N–C) groups is 1. The highest BCUT2D eigenvalue weighted by molar-refractivity contribution is 5.35. The summed E-state index contributed by atoms with van der Waals surface area (Å²) in [5, 5.41) is 0. The Morgan fingerprint density at radius 3 is 2.06 bits per heavy atom. The molecule has 0 amide bonds. The van der Waals surface area contributed by atoms with Crippen LogP contribution in [0, 0.1) is 5.92 Å². The number of nitrogens with zero attached hydrogens (tertiary/aromatic N) is 1. The zero-order valence-corrected chi connectivity index (χ0v) is 9.50. The molecular formula is C14H25NO. The first-order chi connectivity index (χ1) is 7.37. The van der Waals surface area contributed by atoms with Gasteiger partial charge in [0.15, 0.2) is 0 Å². The maximum Gasteiger partial charge on any atom is 0.235 e. The normalized spacial score (nSPS) is 25.2. The van der Waals surface area contributed by atoms with Crippen LogP contribution < -0.4 is 0 Å². The zero-order chi connectivity index (χ0) is 10.6. The molecule has 0 saturated heterocycles. The highest BCUT2D eigenvalue weighted by Crippen LogP contribution is 2.43. The Hall–Kier alpha value is -0.620. The molecule has 2 aliphatic carbocycles. The van der Waals surface area contributed by atoms with Crippen LogP contribution in [0.1, 0.15) is 71.6 Å². The molecule has 2 nitrogen and oxygen atoms in total. The average Bonchev–Trinajstić information content (AvgIpc) is 2.32. The van der Waals surface area contributed by atoms with Gasteiger partial charge in [-0.05, 0) is 31.6 Å². The van der Waals surface area contributed by atoms with E-state index in [1.165, 1.54) is 51.4 Å². The molecule has 2 heteroatoms. The molecule has 0 aliphatic heterocycles. The Kier molecular flexibility index (Phi) is 5.21. The van der Waals surface area contributed by atoms with Crippen LogP contribution in [0.3, 0.4) is 0 Å². The summed E-state index contributed by atoms with van der Waals surface area (Å²) >= 11 is 0. The molecular weight excluding hydrogens is 198 g/mol. The summed E-state index contributed by atoms with van der Waals surface area (Å²) in [6, 6.07) is 0. The van der Waals surface area contributed by atoms with Crippen molar-refractivity contribution in [1.82, 2.24) is 0 Å². The number of hydrogen-bond donors (Lipinski definition) is 0. The fourth-order valence-electron chi connectivity index (χ4n) is 3.51. The fourth-order valence-corrected chi connectivity index (χ4v) is 3.51. The minimum atomic E-state index is 0. The van der Waals surface area contributed by atoms with E-state index in [4.69, 9.17) is 0 Å². The van der Waals surface area contributed by atoms with Gasteiger partial charge in [-0.3, -0.25) is 0 Å². The molecule has 0 aromatic heterocycles. The Morgan fingerprint density at radius 2 is 1.50 bits per heavy atom. The molecule has 0 radical (unpaired) electrons. The van der Waals surface area contributed by atoms with Crippen molar-refractivity contribution < 1.29 is 4.79 Å². The minimum Gasteiger partial charge on any atom is -0.211 e. The van der Waals surface area contributed by atoms with Crippen LogP contribution in [0.4, 0.5) is 0 Å². The van der Waals surface area contributed by atoms with Crippen molar-refractivity contribution in [3.05, 3.63) is 0 Å². The molecule has 0 unspecified atom stereocenters. The van der Waals surface area contributed by atoms with Gasteiger partial charge in [-0.2, -0.15) is 4.99 Å². The van der Waals surface area contributed by atoms with Gasteiger partial charge in [0.25, 0.3) is 0 Å². The molecule has 16 heavy (non-hydrogen) atoms. The second-order valence-corrected chi connectivity index (χ2v) is 5.20. The van der Waals surface area contributed by atoms with Gasteiger partial charge in [-0.15, -0.1) is 0 Å². The predicted molar refractivity (Wildman–Crippen MR) is 67.2 cm³/mol. The van der Waals surface area contributed by atoms with E-state index in [1.807, 2.05) is 6.08 Å². The lowest BCUT2D eigenvalue weighted by molar-refractivity contribution is 0.156. The quantitative estimate of drug-likeness (QED) is 0.508. The first-order valence-electron chi connectivity index (χ1n) is 6.46. The summed E-state index contributed by atoms with van der Waals surface area (Å²) in [5.41, 5.74) is 0.000417. The highest BCUT2D eigenvalue weighted by atomic mass is 16.1. The van der Waals surface area contributed by atoms with Crippen LogP contribution in [0.15, 0.2) is 4.99 Å². The number of hydrogen-bond acceptors (Lipinski definition) is 2. The molecule has 0 spiro atoms. The molecule has 2 rings (SSSR count). The van der Waals surface area contributed by atoms with E-state index in [-0.39, 0.29) is 13.0 Å². The van der Waals surface area contributed by atoms with Crippen molar-refractivity contribution in [2.24, 2.45) is 10.9 Å². The van der Waals surface area contributed by atoms with Crippen LogP contribution in [-0.4, -0.2) is 11.6 Å². The van der Waals surface area contributed by atoms with E-state index < -0.39 is 0 Å². The second-order valence-electron chi connectivity index (χ2n) is 5.20. The zero-order valence-electron chi connectivity index (χ0n) is 9.50. The van der Waals surface area contributed by atoms with E-state index in [1.54, 1.807) is 0 Å². The van der Waals surface area contributed by atoms with Gasteiger partial charge in [0.1, 0.15) is 0 Å². The first kappa shape index (κ1) is 13.4. The lowest BCUT2D eigenvalue weighted by Crippen LogP contribution is -2.39. The maximum atomic E-state index is 10.6. The summed E-state index contributed by atoms with van der Waals surface area (Å²) in [4.78, 5) is 14.9. The van der Waals surface area contributed by atoms with E-state index >= 15 is 0 Å². The van der Waals surface area contributed by atoms with Crippen LogP contribution in [0.25, 0.3) is 0 Å². The van der Waals surface area contributed by atoms with Crippen molar-refractivity contribution in [2.45, 2.75) is 77.2 Å². The molecule has 92 valence electrons. The molecule has 0 bridgehead atoms. The van der Waals surface area contributed by atoms with Crippen molar-refractivity contribution in [1.29, 1.82) is 0 Å². The molecule has 0 aromatic rings. The Labute approximate surface area is 99.5 Å². The second kappa shape index (κ2) is 6.20. The summed E-state index contributed by atoms with van der Waals surface area (Å²) in [7, 11) is 0. The smallest absolute Gasteiger partial charge is 0.211 e. The van der Waals surface area contributed by atoms with Gasteiger partial charge < -0.3 is 0 Å². The Morgan fingerprint density at radius 1 is 0.938 bits per heavy atom. The third kappa shape index (κ3) is 2.74. The topological polar surface area (TPSA) is 29.4 Å². The SMILES string of the molecule is C.O=C=NC1(C2CCCCC2)CCCCC1. The summed E-state index contributed by atoms with van der Waals surface area (Å²) < 4.78 is 0. The van der Waals surface area contributed by atoms with Crippen molar-refractivity contribution in [3.8, 4) is 0 Å². The summed E-state index contributed by atoms with van der Waals surface area (Å²) in [5.74, 6) is 0.674. The fraction of sp³-hybridized carbons (Fsp3) is 0.929. The largest absolute Gasteiger partial charge is 0.235 e. The lowest BCUT2D eigenvalue weighted by atomic mass is 9.68. The Balaban J connectivity index is 0.00000128. The van der Waals surface area contributed by atoms with Gasteiger partial charge >= 0.3 is 0 Å². The minimum absolute atomic E-state index is 0. The monoisotopic (exact) mass is 223 g/mol. The third-order valence-corrected chi connectivity index (χ3v) is 4.35. The van der Waals surface area contributed by atoms with Gasteiger partial charge in [-0.25, -0.2) is 4.79 Å². The number of rotatable bonds is 2. The van der Waals surface area contributed by atoms with Gasteiger partial charge in [0.05, 0.1) is 5.54 Å². The molecule has 2 fully saturated rings. The summed E-state index contributed by atoms with van der Waals surface area (Å²) in [6.45, 7) is 0. The van der Waals surface area contributed by atoms with Crippen LogP contribution >= 0.6 is 0 Å². The molecule has 2 saturated carbocycles. The molecule has 0 aromatic carbocycles. The molecule has 0 atom stereocenters. The van der Waals surface area contributed by atoms with Crippen molar-refractivity contribution >= 4 is 6.08 Å². The first-order valence-corrected chi connectivity index (χ1v) is 6.46. The lowest BCUT2D eigenvalue weighted by Gasteiger charge is -2.41. The van der Waals surface area contributed by atoms with E-state index in [0.717, 1.165) is 12.8 Å². The number of isocyanates is 1. The molecule has 0 heterocycles. The van der Waals surface area contributed by atoms with Crippen LogP contribution in [0.5, 0.6) is 0 Å². The van der Waals surface area contributed by atoms with Gasteiger partial charge in [-0.1, -0.05) is 46.0 Å². The maximum absolute atomic E-state index is 10.6. The average molecular weight is 223 g/mol. The van der Waals surface area contributed by atoms with E-state index in [9.17, 15) is 4.79 Å². The highest BCUT2D eigenvalue weighted by Gasteiger charge is 2.39. The third-order valence-electron chi connectivity index (χ3n) is 4.35. The van der Waals surface area contributed by atoms with E-state index in [2.05, 4.69) is 4.99 Å². The predicted octanol–water partition coefficient (Wildman–Crippen LogP) is 4.24. The standard InChI is InChI=1S/C13H21NO.CH4/c15-11-14-13(9-5-2-6-10-13)12-7-3-1-4-8-12;/h12H,1-10H2;1H4. The van der Waals surface area contributed by atoms with E-state index in [0.29, 0.717) is 5.92 Å². The van der Waals surface area contributed by atoms with Crippen LogP contribution in [-0.2, 0) is 4.79 Å². The van der Waals surface area contributed by atoms with Crippen molar-refractivity contribution in [2.75, 3.05) is 0 Å². The summed E-state index contributed by atoms with van der Waals surface area (Å²) in [6.07, 6.45) is 14.5. The Bertz CT molecular complexity index is 243. The number of carbonyl (C=O) groups excluding carboxylic acids is 1. The van der Waals surface area contributed by atoms with Gasteiger partial charge in [0.2, 0.25) is 6.08 Å². The van der Waals surface area contributed by atoms with Crippen LogP contribution in [0.2, 0.25) is 0 Å². The molecule has 2 aliphatic rings. The van der Waals surface area contributed by atoms with Gasteiger partial charge in [0, 0.05) is 0 Å².